The molecule has 2 aromatic rings. The van der Waals surface area contributed by atoms with Gasteiger partial charge in [-0.15, -0.1) is 0 Å². The Morgan fingerprint density at radius 1 is 1.18 bits per heavy atom. The van der Waals surface area contributed by atoms with E-state index in [2.05, 4.69) is 4.98 Å². The van der Waals surface area contributed by atoms with E-state index in [-0.39, 0.29) is 11.3 Å². The number of benzene rings is 1. The van der Waals surface area contributed by atoms with Crippen molar-refractivity contribution in [3.8, 4) is 5.75 Å². The maximum Gasteiger partial charge on any atom is 0.341 e. The molecule has 1 heterocycles. The Morgan fingerprint density at radius 2 is 1.91 bits per heavy atom. The fourth-order valence-electron chi connectivity index (χ4n) is 2.09. The van der Waals surface area contributed by atoms with Gasteiger partial charge in [0.05, 0.1) is 12.7 Å². The molecule has 0 spiro atoms. The lowest BCUT2D eigenvalue weighted by atomic mass is 10.1. The van der Waals surface area contributed by atoms with Crippen molar-refractivity contribution in [3.63, 3.8) is 0 Å². The largest absolute Gasteiger partial charge is 0.497 e. The molecular formula is C16H16FNO4. The number of ether oxygens (including phenoxy) is 2. The number of halogens is 1. The summed E-state index contributed by atoms with van der Waals surface area (Å²) in [4.78, 5) is 26.8. The Balaban J connectivity index is 2.04. The van der Waals surface area contributed by atoms with Gasteiger partial charge in [-0.25, -0.2) is 9.18 Å². The summed E-state index contributed by atoms with van der Waals surface area (Å²) in [5, 5.41) is 0. The lowest BCUT2D eigenvalue weighted by Gasteiger charge is -2.06. The summed E-state index contributed by atoms with van der Waals surface area (Å²) in [6.45, 7) is 3.14. The third kappa shape index (κ3) is 3.33. The Morgan fingerprint density at radius 3 is 2.45 bits per heavy atom. The van der Waals surface area contributed by atoms with E-state index in [9.17, 15) is 14.0 Å². The Hall–Kier alpha value is -2.63. The van der Waals surface area contributed by atoms with E-state index < -0.39 is 18.4 Å². The number of methoxy groups -OCH3 is 1. The van der Waals surface area contributed by atoms with Crippen molar-refractivity contribution < 1.29 is 23.5 Å². The number of rotatable bonds is 5. The number of esters is 1. The molecule has 0 radical (unpaired) electrons. The summed E-state index contributed by atoms with van der Waals surface area (Å²) in [6, 6.07) is 5.46. The molecule has 6 heteroatoms. The predicted octanol–water partition coefficient (Wildman–Crippen LogP) is 2.82. The van der Waals surface area contributed by atoms with Gasteiger partial charge in [-0.05, 0) is 32.0 Å². The first kappa shape index (κ1) is 15.8. The second kappa shape index (κ2) is 6.43. The SMILES string of the molecule is COc1ccc(C(=O)OCC(=O)c2cc(C)[nH]c2C)c(F)c1. The van der Waals surface area contributed by atoms with Gasteiger partial charge in [0.2, 0.25) is 5.78 Å². The van der Waals surface area contributed by atoms with Crippen LogP contribution in [0.4, 0.5) is 4.39 Å². The maximum atomic E-state index is 13.7. The third-order valence-electron chi connectivity index (χ3n) is 3.18. The fourth-order valence-corrected chi connectivity index (χ4v) is 2.09. The van der Waals surface area contributed by atoms with E-state index in [1.165, 1.54) is 19.2 Å². The smallest absolute Gasteiger partial charge is 0.341 e. The molecule has 0 fully saturated rings. The third-order valence-corrected chi connectivity index (χ3v) is 3.18. The average Bonchev–Trinajstić information content (AvgIpc) is 2.83. The second-order valence-corrected chi connectivity index (χ2v) is 4.84. The first-order valence-electron chi connectivity index (χ1n) is 6.62. The minimum atomic E-state index is -0.890. The van der Waals surface area contributed by atoms with Crippen LogP contribution in [-0.2, 0) is 4.74 Å². The van der Waals surface area contributed by atoms with E-state index in [1.54, 1.807) is 13.0 Å². The van der Waals surface area contributed by atoms with Gasteiger partial charge in [0, 0.05) is 23.0 Å². The quantitative estimate of drug-likeness (QED) is 0.681. The summed E-state index contributed by atoms with van der Waals surface area (Å²) in [5.74, 6) is -1.70. The second-order valence-electron chi connectivity index (χ2n) is 4.84. The van der Waals surface area contributed by atoms with Gasteiger partial charge in [-0.3, -0.25) is 4.79 Å². The van der Waals surface area contributed by atoms with Crippen molar-refractivity contribution in [3.05, 3.63) is 52.6 Å². The highest BCUT2D eigenvalue weighted by Gasteiger charge is 2.17. The molecule has 0 amide bonds. The summed E-state index contributed by atoms with van der Waals surface area (Å²) in [7, 11) is 1.40. The van der Waals surface area contributed by atoms with Gasteiger partial charge in [-0.2, -0.15) is 0 Å². The molecule has 0 unspecified atom stereocenters. The van der Waals surface area contributed by atoms with Crippen LogP contribution in [0.3, 0.4) is 0 Å². The maximum absolute atomic E-state index is 13.7. The number of aromatic amines is 1. The van der Waals surface area contributed by atoms with Crippen LogP contribution in [0.2, 0.25) is 0 Å². The number of Topliss-reactive ketones (excluding diaryl/α,β-unsaturated/α-hetero) is 1. The van der Waals surface area contributed by atoms with Crippen LogP contribution in [0.5, 0.6) is 5.75 Å². The summed E-state index contributed by atoms with van der Waals surface area (Å²) < 4.78 is 23.5. The first-order valence-corrected chi connectivity index (χ1v) is 6.62. The van der Waals surface area contributed by atoms with Crippen molar-refractivity contribution in [2.24, 2.45) is 0 Å². The number of carbonyl (C=O) groups is 2. The molecule has 1 aromatic heterocycles. The van der Waals surface area contributed by atoms with E-state index in [0.717, 1.165) is 11.8 Å². The molecule has 0 atom stereocenters. The van der Waals surface area contributed by atoms with Crippen LogP contribution in [0, 0.1) is 19.7 Å². The van der Waals surface area contributed by atoms with E-state index in [0.29, 0.717) is 17.0 Å². The predicted molar refractivity (Wildman–Crippen MR) is 77.8 cm³/mol. The number of aromatic nitrogens is 1. The zero-order valence-electron chi connectivity index (χ0n) is 12.5. The topological polar surface area (TPSA) is 68.4 Å². The molecule has 0 aliphatic heterocycles. The minimum absolute atomic E-state index is 0.240. The number of H-pyrrole nitrogens is 1. The van der Waals surface area contributed by atoms with Crippen LogP contribution in [-0.4, -0.2) is 30.5 Å². The molecule has 22 heavy (non-hydrogen) atoms. The molecule has 1 aromatic carbocycles. The van der Waals surface area contributed by atoms with Gasteiger partial charge >= 0.3 is 5.97 Å². The number of hydrogen-bond acceptors (Lipinski definition) is 4. The molecular weight excluding hydrogens is 289 g/mol. The number of hydrogen-bond donors (Lipinski definition) is 1. The first-order chi connectivity index (χ1) is 10.4. The summed E-state index contributed by atoms with van der Waals surface area (Å²) >= 11 is 0. The molecule has 0 saturated heterocycles. The number of nitrogens with one attached hydrogen (secondary N) is 1. The molecule has 0 saturated carbocycles. The van der Waals surface area contributed by atoms with Crippen LogP contribution in [0.15, 0.2) is 24.3 Å². The van der Waals surface area contributed by atoms with Crippen LogP contribution >= 0.6 is 0 Å². The zero-order valence-corrected chi connectivity index (χ0v) is 12.5. The highest BCUT2D eigenvalue weighted by molar-refractivity contribution is 6.00. The zero-order chi connectivity index (χ0) is 16.3. The fraction of sp³-hybridized carbons (Fsp3) is 0.250. The molecule has 0 aliphatic rings. The Labute approximate surface area is 127 Å². The summed E-state index contributed by atoms with van der Waals surface area (Å²) in [5.41, 5.74) is 1.76. The normalized spacial score (nSPS) is 10.4. The standard InChI is InChI=1S/C16H16FNO4/c1-9-6-13(10(2)18-9)15(19)8-22-16(20)12-5-4-11(21-3)7-14(12)17/h4-7,18H,8H2,1-3H3. The van der Waals surface area contributed by atoms with E-state index in [4.69, 9.17) is 9.47 Å². The van der Waals surface area contributed by atoms with Crippen molar-refractivity contribution >= 4 is 11.8 Å². The lowest BCUT2D eigenvalue weighted by Crippen LogP contribution is -2.15. The Kier molecular flexibility index (Phi) is 4.60. The van der Waals surface area contributed by atoms with E-state index in [1.807, 2.05) is 6.92 Å². The van der Waals surface area contributed by atoms with Gasteiger partial charge < -0.3 is 14.5 Å². The molecule has 1 N–H and O–H groups in total. The van der Waals surface area contributed by atoms with E-state index >= 15 is 0 Å². The van der Waals surface area contributed by atoms with Gasteiger partial charge in [0.25, 0.3) is 0 Å². The number of aryl methyl sites for hydroxylation is 2. The van der Waals surface area contributed by atoms with Crippen molar-refractivity contribution in [2.75, 3.05) is 13.7 Å². The van der Waals surface area contributed by atoms with Crippen LogP contribution < -0.4 is 4.74 Å². The highest BCUT2D eigenvalue weighted by Crippen LogP contribution is 2.17. The van der Waals surface area contributed by atoms with Crippen LogP contribution in [0.1, 0.15) is 32.1 Å². The van der Waals surface area contributed by atoms with Crippen LogP contribution in [0.25, 0.3) is 0 Å². The van der Waals surface area contributed by atoms with Crippen molar-refractivity contribution in [1.82, 2.24) is 4.98 Å². The Bertz CT molecular complexity index is 721. The molecule has 0 bridgehead atoms. The average molecular weight is 305 g/mol. The molecule has 116 valence electrons. The molecule has 5 nitrogen and oxygen atoms in total. The lowest BCUT2D eigenvalue weighted by molar-refractivity contribution is 0.0470. The molecule has 2 rings (SSSR count). The monoisotopic (exact) mass is 305 g/mol. The van der Waals surface area contributed by atoms with Crippen molar-refractivity contribution in [2.45, 2.75) is 13.8 Å². The number of ketones is 1. The minimum Gasteiger partial charge on any atom is -0.497 e. The van der Waals surface area contributed by atoms with Gasteiger partial charge in [0.15, 0.2) is 6.61 Å². The van der Waals surface area contributed by atoms with Crippen molar-refractivity contribution in [1.29, 1.82) is 0 Å². The molecule has 0 aliphatic carbocycles. The van der Waals surface area contributed by atoms with Gasteiger partial charge in [-0.1, -0.05) is 0 Å². The summed E-state index contributed by atoms with van der Waals surface area (Å²) in [6.07, 6.45) is 0. The number of carbonyl (C=O) groups excluding carboxylic acids is 2. The van der Waals surface area contributed by atoms with Gasteiger partial charge in [0.1, 0.15) is 11.6 Å². The highest BCUT2D eigenvalue weighted by atomic mass is 19.1.